The molecule has 1 heteroatoms. The molecule has 4 rings (SSSR count). The van der Waals surface area contributed by atoms with Gasteiger partial charge in [0.2, 0.25) is 0 Å². The van der Waals surface area contributed by atoms with Gasteiger partial charge in [-0.05, 0) is 35.6 Å². The summed E-state index contributed by atoms with van der Waals surface area (Å²) in [7, 11) is 0. The summed E-state index contributed by atoms with van der Waals surface area (Å²) in [5, 5.41) is 3.67. The SMILES string of the molecule is C1=CC(/C=C/C2c3ccccc3NC2/C=C/c2ccccc2)=CCC1. The third-order valence-electron chi connectivity index (χ3n) is 4.84. The maximum absolute atomic E-state index is 3.67. The quantitative estimate of drug-likeness (QED) is 0.715. The molecular formula is C24H23N. The van der Waals surface area contributed by atoms with Gasteiger partial charge in [-0.15, -0.1) is 0 Å². The predicted molar refractivity (Wildman–Crippen MR) is 108 cm³/mol. The van der Waals surface area contributed by atoms with Crippen LogP contribution in [-0.4, -0.2) is 6.04 Å². The first-order chi connectivity index (χ1) is 12.4. The van der Waals surface area contributed by atoms with Crippen LogP contribution >= 0.6 is 0 Å². The Hall–Kier alpha value is -2.80. The van der Waals surface area contributed by atoms with Crippen molar-refractivity contribution in [2.75, 3.05) is 5.32 Å². The number of para-hydroxylation sites is 1. The fraction of sp³-hybridized carbons (Fsp3) is 0.167. The maximum Gasteiger partial charge on any atom is 0.0552 e. The number of allylic oxidation sites excluding steroid dienone is 5. The third kappa shape index (κ3) is 3.66. The van der Waals surface area contributed by atoms with Crippen molar-refractivity contribution in [1.29, 1.82) is 0 Å². The zero-order valence-corrected chi connectivity index (χ0v) is 14.3. The van der Waals surface area contributed by atoms with Crippen molar-refractivity contribution < 1.29 is 0 Å². The lowest BCUT2D eigenvalue weighted by Crippen LogP contribution is -2.16. The summed E-state index contributed by atoms with van der Waals surface area (Å²) in [6.07, 6.45) is 18.2. The summed E-state index contributed by atoms with van der Waals surface area (Å²) in [5.41, 5.74) is 5.18. The average Bonchev–Trinajstić information content (AvgIpc) is 3.04. The minimum atomic E-state index is 0.280. The van der Waals surface area contributed by atoms with Gasteiger partial charge in [-0.1, -0.05) is 91.1 Å². The number of anilines is 1. The third-order valence-corrected chi connectivity index (χ3v) is 4.84. The molecule has 1 aliphatic heterocycles. The van der Waals surface area contributed by atoms with Gasteiger partial charge in [0.25, 0.3) is 0 Å². The molecule has 2 aromatic rings. The van der Waals surface area contributed by atoms with E-state index in [1.807, 2.05) is 0 Å². The summed E-state index contributed by atoms with van der Waals surface area (Å²) >= 11 is 0. The summed E-state index contributed by atoms with van der Waals surface area (Å²) in [6, 6.07) is 19.4. The van der Waals surface area contributed by atoms with E-state index in [1.54, 1.807) is 0 Å². The number of nitrogens with one attached hydrogen (secondary N) is 1. The second kappa shape index (κ2) is 7.40. The van der Waals surface area contributed by atoms with Gasteiger partial charge in [0.15, 0.2) is 0 Å². The van der Waals surface area contributed by atoms with E-state index < -0.39 is 0 Å². The number of fused-ring (bicyclic) bond motifs is 1. The highest BCUT2D eigenvalue weighted by Gasteiger charge is 2.27. The second-order valence-corrected chi connectivity index (χ2v) is 6.60. The van der Waals surface area contributed by atoms with E-state index in [-0.39, 0.29) is 6.04 Å². The molecule has 2 aliphatic rings. The van der Waals surface area contributed by atoms with E-state index in [0.29, 0.717) is 5.92 Å². The molecule has 0 bridgehead atoms. The smallest absolute Gasteiger partial charge is 0.0552 e. The van der Waals surface area contributed by atoms with E-state index in [9.17, 15) is 0 Å². The monoisotopic (exact) mass is 325 g/mol. The van der Waals surface area contributed by atoms with Crippen molar-refractivity contribution in [2.45, 2.75) is 24.8 Å². The Labute approximate surface area is 150 Å². The number of hydrogen-bond donors (Lipinski definition) is 1. The van der Waals surface area contributed by atoms with Gasteiger partial charge in [0.1, 0.15) is 0 Å². The summed E-state index contributed by atoms with van der Waals surface area (Å²) < 4.78 is 0. The molecule has 1 aliphatic carbocycles. The van der Waals surface area contributed by atoms with Gasteiger partial charge in [-0.25, -0.2) is 0 Å². The van der Waals surface area contributed by atoms with Gasteiger partial charge < -0.3 is 5.32 Å². The van der Waals surface area contributed by atoms with Crippen molar-refractivity contribution >= 4 is 11.8 Å². The van der Waals surface area contributed by atoms with Crippen LogP contribution < -0.4 is 5.32 Å². The first-order valence-corrected chi connectivity index (χ1v) is 9.04. The molecule has 0 saturated carbocycles. The number of hydrogen-bond acceptors (Lipinski definition) is 1. The Morgan fingerprint density at radius 3 is 2.52 bits per heavy atom. The zero-order chi connectivity index (χ0) is 16.9. The molecule has 2 atom stereocenters. The topological polar surface area (TPSA) is 12.0 Å². The Morgan fingerprint density at radius 1 is 0.840 bits per heavy atom. The standard InChI is InChI=1S/C24H23N/c1-3-9-19(10-4-1)15-17-22-21-13-7-8-14-23(21)25-24(22)18-16-20-11-5-2-6-12-20/h2-3,5-18,22,24-25H,1,4H2/b17-15+,18-16+. The highest BCUT2D eigenvalue weighted by atomic mass is 15.0. The normalized spacial score (nSPS) is 22.2. The number of rotatable bonds is 4. The highest BCUT2D eigenvalue weighted by Crippen LogP contribution is 2.37. The largest absolute Gasteiger partial charge is 0.378 e. The highest BCUT2D eigenvalue weighted by molar-refractivity contribution is 5.64. The van der Waals surface area contributed by atoms with Gasteiger partial charge >= 0.3 is 0 Å². The first kappa shape index (κ1) is 15.7. The molecule has 2 aromatic carbocycles. The van der Waals surface area contributed by atoms with Crippen LogP contribution in [0.15, 0.2) is 96.6 Å². The fourth-order valence-electron chi connectivity index (χ4n) is 3.52. The second-order valence-electron chi connectivity index (χ2n) is 6.60. The minimum absolute atomic E-state index is 0.280. The Morgan fingerprint density at radius 2 is 1.68 bits per heavy atom. The van der Waals surface area contributed by atoms with Crippen LogP contribution in [0.25, 0.3) is 6.08 Å². The van der Waals surface area contributed by atoms with E-state index in [2.05, 4.69) is 102 Å². The van der Waals surface area contributed by atoms with Gasteiger partial charge in [-0.3, -0.25) is 0 Å². The summed E-state index contributed by atoms with van der Waals surface area (Å²) in [4.78, 5) is 0. The number of benzene rings is 2. The lowest BCUT2D eigenvalue weighted by Gasteiger charge is -2.14. The molecule has 1 nitrogen and oxygen atoms in total. The van der Waals surface area contributed by atoms with Gasteiger partial charge in [0.05, 0.1) is 6.04 Å². The van der Waals surface area contributed by atoms with Crippen molar-refractivity contribution in [2.24, 2.45) is 0 Å². The first-order valence-electron chi connectivity index (χ1n) is 9.04. The lowest BCUT2D eigenvalue weighted by atomic mass is 9.92. The van der Waals surface area contributed by atoms with Gasteiger partial charge in [0, 0.05) is 11.6 Å². The maximum atomic E-state index is 3.67. The molecule has 0 saturated heterocycles. The van der Waals surface area contributed by atoms with Crippen LogP contribution in [0.4, 0.5) is 5.69 Å². The molecule has 0 spiro atoms. The Balaban J connectivity index is 1.59. The fourth-order valence-corrected chi connectivity index (χ4v) is 3.52. The molecule has 0 radical (unpaired) electrons. The molecule has 0 amide bonds. The van der Waals surface area contributed by atoms with Crippen LogP contribution in [0.3, 0.4) is 0 Å². The van der Waals surface area contributed by atoms with Crippen LogP contribution in [0.5, 0.6) is 0 Å². The Bertz CT molecular complexity index is 839. The molecule has 0 aromatic heterocycles. The molecule has 2 unspecified atom stereocenters. The van der Waals surface area contributed by atoms with Crippen LogP contribution in [0.1, 0.15) is 29.9 Å². The molecule has 1 heterocycles. The average molecular weight is 325 g/mol. The molecule has 1 N–H and O–H groups in total. The van der Waals surface area contributed by atoms with Crippen LogP contribution in [0, 0.1) is 0 Å². The van der Waals surface area contributed by atoms with E-state index in [4.69, 9.17) is 0 Å². The van der Waals surface area contributed by atoms with E-state index >= 15 is 0 Å². The lowest BCUT2D eigenvalue weighted by molar-refractivity contribution is 0.816. The summed E-state index contributed by atoms with van der Waals surface area (Å²) in [6.45, 7) is 0. The Kier molecular flexibility index (Phi) is 4.65. The van der Waals surface area contributed by atoms with E-state index in [1.165, 1.54) is 22.4 Å². The van der Waals surface area contributed by atoms with Crippen LogP contribution in [0.2, 0.25) is 0 Å². The molecule has 25 heavy (non-hydrogen) atoms. The molecule has 0 fully saturated rings. The van der Waals surface area contributed by atoms with Crippen molar-refractivity contribution in [3.05, 3.63) is 108 Å². The predicted octanol–water partition coefficient (Wildman–Crippen LogP) is 6.11. The van der Waals surface area contributed by atoms with Crippen molar-refractivity contribution in [3.8, 4) is 0 Å². The summed E-state index contributed by atoms with van der Waals surface area (Å²) in [5.74, 6) is 0.354. The van der Waals surface area contributed by atoms with Crippen LogP contribution in [-0.2, 0) is 0 Å². The van der Waals surface area contributed by atoms with Crippen molar-refractivity contribution in [3.63, 3.8) is 0 Å². The molecular weight excluding hydrogens is 302 g/mol. The van der Waals surface area contributed by atoms with E-state index in [0.717, 1.165) is 12.8 Å². The zero-order valence-electron chi connectivity index (χ0n) is 14.3. The van der Waals surface area contributed by atoms with Crippen molar-refractivity contribution in [1.82, 2.24) is 0 Å². The van der Waals surface area contributed by atoms with Gasteiger partial charge in [-0.2, -0.15) is 0 Å². The molecule has 124 valence electrons. The minimum Gasteiger partial charge on any atom is -0.378 e.